The van der Waals surface area contributed by atoms with Gasteiger partial charge in [-0.1, -0.05) is 18.5 Å². The summed E-state index contributed by atoms with van der Waals surface area (Å²) >= 11 is 5.89. The van der Waals surface area contributed by atoms with Crippen LogP contribution in [0.4, 0.5) is 0 Å². The predicted molar refractivity (Wildman–Crippen MR) is 58.1 cm³/mol. The van der Waals surface area contributed by atoms with Crippen LogP contribution in [0.2, 0.25) is 5.02 Å². The molecule has 78 valence electrons. The van der Waals surface area contributed by atoms with Crippen molar-refractivity contribution in [1.29, 1.82) is 0 Å². The van der Waals surface area contributed by atoms with Crippen molar-refractivity contribution >= 4 is 11.6 Å². The number of aliphatic hydroxyl groups is 1. The molecule has 1 unspecified atom stereocenters. The van der Waals surface area contributed by atoms with Gasteiger partial charge in [0.05, 0.1) is 13.7 Å². The Morgan fingerprint density at radius 1 is 1.50 bits per heavy atom. The van der Waals surface area contributed by atoms with Crippen molar-refractivity contribution in [1.82, 2.24) is 0 Å². The molecule has 14 heavy (non-hydrogen) atoms. The molecule has 0 amide bonds. The Kier molecular flexibility index (Phi) is 4.23. The Balaban J connectivity index is 3.08. The third-order valence-electron chi connectivity index (χ3n) is 2.34. The highest BCUT2D eigenvalue weighted by Gasteiger charge is 2.13. The van der Waals surface area contributed by atoms with Crippen LogP contribution >= 0.6 is 11.6 Å². The van der Waals surface area contributed by atoms with Crippen molar-refractivity contribution < 1.29 is 9.84 Å². The van der Waals surface area contributed by atoms with E-state index in [1.54, 1.807) is 13.2 Å². The Labute approximate surface area is 89.5 Å². The lowest BCUT2D eigenvalue weighted by atomic mass is 9.96. The molecule has 3 heteroatoms. The summed E-state index contributed by atoms with van der Waals surface area (Å²) in [6.45, 7) is 2.15. The van der Waals surface area contributed by atoms with E-state index < -0.39 is 0 Å². The zero-order chi connectivity index (χ0) is 10.6. The third-order valence-corrected chi connectivity index (χ3v) is 2.58. The molecule has 0 saturated carbocycles. The molecular weight excluding hydrogens is 200 g/mol. The van der Waals surface area contributed by atoms with Gasteiger partial charge in [-0.05, 0) is 24.6 Å². The number of rotatable bonds is 4. The van der Waals surface area contributed by atoms with Gasteiger partial charge in [-0.25, -0.2) is 0 Å². The lowest BCUT2D eigenvalue weighted by Gasteiger charge is -2.16. The first-order valence-electron chi connectivity index (χ1n) is 4.67. The largest absolute Gasteiger partial charge is 0.496 e. The second-order valence-corrected chi connectivity index (χ2v) is 3.61. The fourth-order valence-electron chi connectivity index (χ4n) is 1.47. The molecule has 0 bridgehead atoms. The minimum atomic E-state index is 0.101. The number of aliphatic hydroxyl groups excluding tert-OH is 1. The smallest absolute Gasteiger partial charge is 0.122 e. The van der Waals surface area contributed by atoms with Gasteiger partial charge in [0, 0.05) is 16.5 Å². The number of halogens is 1. The van der Waals surface area contributed by atoms with Gasteiger partial charge in [-0.2, -0.15) is 0 Å². The first-order chi connectivity index (χ1) is 6.72. The minimum absolute atomic E-state index is 0.101. The summed E-state index contributed by atoms with van der Waals surface area (Å²) in [6.07, 6.45) is 0.868. The number of benzene rings is 1. The van der Waals surface area contributed by atoms with E-state index >= 15 is 0 Å². The van der Waals surface area contributed by atoms with Gasteiger partial charge >= 0.3 is 0 Å². The summed E-state index contributed by atoms with van der Waals surface area (Å²) in [5.74, 6) is 0.888. The third kappa shape index (κ3) is 2.40. The lowest BCUT2D eigenvalue weighted by molar-refractivity contribution is 0.259. The van der Waals surface area contributed by atoms with Crippen molar-refractivity contribution in [3.8, 4) is 5.75 Å². The van der Waals surface area contributed by atoms with Gasteiger partial charge in [-0.3, -0.25) is 0 Å². The van der Waals surface area contributed by atoms with E-state index in [0.717, 1.165) is 17.7 Å². The maximum absolute atomic E-state index is 9.19. The lowest BCUT2D eigenvalue weighted by Crippen LogP contribution is -2.04. The van der Waals surface area contributed by atoms with E-state index in [2.05, 4.69) is 0 Å². The van der Waals surface area contributed by atoms with E-state index in [4.69, 9.17) is 16.3 Å². The molecular formula is C11H15ClO2. The zero-order valence-corrected chi connectivity index (χ0v) is 9.21. The van der Waals surface area contributed by atoms with Crippen molar-refractivity contribution in [3.05, 3.63) is 28.8 Å². The van der Waals surface area contributed by atoms with Crippen LogP contribution in [-0.2, 0) is 0 Å². The van der Waals surface area contributed by atoms with E-state index in [9.17, 15) is 5.11 Å². The maximum Gasteiger partial charge on any atom is 0.122 e. The monoisotopic (exact) mass is 214 g/mol. The Hall–Kier alpha value is -0.730. The Morgan fingerprint density at radius 3 is 2.71 bits per heavy atom. The number of hydrogen-bond donors (Lipinski definition) is 1. The molecule has 2 nitrogen and oxygen atoms in total. The highest BCUT2D eigenvalue weighted by Crippen LogP contribution is 2.30. The molecule has 1 aromatic rings. The highest BCUT2D eigenvalue weighted by molar-refractivity contribution is 6.30. The van der Waals surface area contributed by atoms with Crippen LogP contribution in [0.3, 0.4) is 0 Å². The molecule has 1 atom stereocenters. The van der Waals surface area contributed by atoms with Gasteiger partial charge in [0.15, 0.2) is 0 Å². The second kappa shape index (κ2) is 5.23. The van der Waals surface area contributed by atoms with Crippen LogP contribution in [0.25, 0.3) is 0 Å². The fraction of sp³-hybridized carbons (Fsp3) is 0.455. The SMILES string of the molecule is CCC(CO)c1cc(Cl)ccc1OC. The van der Waals surface area contributed by atoms with Gasteiger partial charge < -0.3 is 9.84 Å². The minimum Gasteiger partial charge on any atom is -0.496 e. The standard InChI is InChI=1S/C11H15ClO2/c1-3-8(7-13)10-6-9(12)4-5-11(10)14-2/h4-6,8,13H,3,7H2,1-2H3. The van der Waals surface area contributed by atoms with Crippen LogP contribution in [-0.4, -0.2) is 18.8 Å². The molecule has 0 fully saturated rings. The zero-order valence-electron chi connectivity index (χ0n) is 8.46. The summed E-state index contributed by atoms with van der Waals surface area (Å²) in [7, 11) is 1.62. The average Bonchev–Trinajstić information content (AvgIpc) is 2.20. The number of ether oxygens (including phenoxy) is 1. The summed E-state index contributed by atoms with van der Waals surface area (Å²) in [4.78, 5) is 0. The Morgan fingerprint density at radius 2 is 2.21 bits per heavy atom. The first kappa shape index (κ1) is 11.3. The topological polar surface area (TPSA) is 29.5 Å². The number of methoxy groups -OCH3 is 1. The van der Waals surface area contributed by atoms with E-state index in [1.807, 2.05) is 19.1 Å². The van der Waals surface area contributed by atoms with Crippen LogP contribution in [0, 0.1) is 0 Å². The van der Waals surface area contributed by atoms with Crippen molar-refractivity contribution in [2.45, 2.75) is 19.3 Å². The van der Waals surface area contributed by atoms with Gasteiger partial charge in [0.1, 0.15) is 5.75 Å². The average molecular weight is 215 g/mol. The molecule has 0 aromatic heterocycles. The van der Waals surface area contributed by atoms with Crippen molar-refractivity contribution in [2.24, 2.45) is 0 Å². The van der Waals surface area contributed by atoms with Crippen molar-refractivity contribution in [3.63, 3.8) is 0 Å². The summed E-state index contributed by atoms with van der Waals surface area (Å²) in [6, 6.07) is 5.47. The van der Waals surface area contributed by atoms with Crippen LogP contribution in [0.5, 0.6) is 5.75 Å². The summed E-state index contributed by atoms with van der Waals surface area (Å²) < 4.78 is 5.22. The molecule has 1 rings (SSSR count). The molecule has 1 aromatic carbocycles. The van der Waals surface area contributed by atoms with Crippen LogP contribution in [0.15, 0.2) is 18.2 Å². The first-order valence-corrected chi connectivity index (χ1v) is 5.05. The van der Waals surface area contributed by atoms with Crippen LogP contribution < -0.4 is 4.74 Å². The quantitative estimate of drug-likeness (QED) is 0.835. The molecule has 0 heterocycles. The molecule has 0 spiro atoms. The van der Waals surface area contributed by atoms with E-state index in [0.29, 0.717) is 5.02 Å². The van der Waals surface area contributed by atoms with E-state index in [-0.39, 0.29) is 12.5 Å². The molecule has 0 radical (unpaired) electrons. The number of hydrogen-bond acceptors (Lipinski definition) is 2. The molecule has 1 N–H and O–H groups in total. The fourth-order valence-corrected chi connectivity index (χ4v) is 1.65. The Bertz CT molecular complexity index is 295. The summed E-state index contributed by atoms with van der Waals surface area (Å²) in [5, 5.41) is 9.87. The van der Waals surface area contributed by atoms with Crippen LogP contribution in [0.1, 0.15) is 24.8 Å². The van der Waals surface area contributed by atoms with Crippen molar-refractivity contribution in [2.75, 3.05) is 13.7 Å². The molecule has 0 saturated heterocycles. The molecule has 0 aliphatic carbocycles. The summed E-state index contributed by atoms with van der Waals surface area (Å²) in [5.41, 5.74) is 0.977. The normalized spacial score (nSPS) is 12.6. The molecule has 0 aliphatic rings. The van der Waals surface area contributed by atoms with Gasteiger partial charge in [0.25, 0.3) is 0 Å². The molecule has 0 aliphatic heterocycles. The highest BCUT2D eigenvalue weighted by atomic mass is 35.5. The maximum atomic E-state index is 9.19. The van der Waals surface area contributed by atoms with Gasteiger partial charge in [0.2, 0.25) is 0 Å². The second-order valence-electron chi connectivity index (χ2n) is 3.17. The predicted octanol–water partition coefficient (Wildman–Crippen LogP) is 2.83. The van der Waals surface area contributed by atoms with E-state index in [1.165, 1.54) is 0 Å². The van der Waals surface area contributed by atoms with Gasteiger partial charge in [-0.15, -0.1) is 0 Å².